The lowest BCUT2D eigenvalue weighted by Gasteiger charge is -2.22. The predicted octanol–water partition coefficient (Wildman–Crippen LogP) is 4.90. The maximum absolute atomic E-state index is 3.43. The van der Waals surface area contributed by atoms with Gasteiger partial charge in [0.2, 0.25) is 0 Å². The van der Waals surface area contributed by atoms with E-state index in [0.29, 0.717) is 0 Å². The first-order valence-corrected chi connectivity index (χ1v) is 6.57. The average molecular weight is 241 g/mol. The quantitative estimate of drug-likeness (QED) is 0.730. The number of aromatic nitrogens is 1. The third kappa shape index (κ3) is 2.35. The molecule has 0 radical (unpaired) electrons. The zero-order valence-electron chi connectivity index (χ0n) is 12.3. The van der Waals surface area contributed by atoms with E-state index >= 15 is 0 Å². The Kier molecular flexibility index (Phi) is 3.10. The topological polar surface area (TPSA) is 15.8 Å². The van der Waals surface area contributed by atoms with Crippen molar-refractivity contribution in [2.75, 3.05) is 0 Å². The number of aryl methyl sites for hydroxylation is 3. The molecule has 0 saturated carbocycles. The second kappa shape index (κ2) is 4.31. The normalized spacial score (nSPS) is 11.9. The molecule has 0 aliphatic carbocycles. The third-order valence-electron chi connectivity index (χ3n) is 3.50. The maximum atomic E-state index is 3.43. The summed E-state index contributed by atoms with van der Waals surface area (Å²) in [4.78, 5) is 3.43. The van der Waals surface area contributed by atoms with Gasteiger partial charge in [0.15, 0.2) is 0 Å². The lowest BCUT2D eigenvalue weighted by atomic mass is 9.83. The van der Waals surface area contributed by atoms with Gasteiger partial charge in [0.25, 0.3) is 0 Å². The van der Waals surface area contributed by atoms with Crippen molar-refractivity contribution in [3.63, 3.8) is 0 Å². The van der Waals surface area contributed by atoms with Crippen LogP contribution in [0.15, 0.2) is 24.3 Å². The summed E-state index contributed by atoms with van der Waals surface area (Å²) in [6, 6.07) is 8.93. The second-order valence-corrected chi connectivity index (χ2v) is 6.29. The minimum Gasteiger partial charge on any atom is -0.359 e. The summed E-state index contributed by atoms with van der Waals surface area (Å²) < 4.78 is 0. The van der Waals surface area contributed by atoms with Gasteiger partial charge in [-0.3, -0.25) is 0 Å². The van der Waals surface area contributed by atoms with E-state index in [1.807, 2.05) is 0 Å². The van der Waals surface area contributed by atoms with E-state index in [-0.39, 0.29) is 5.41 Å². The van der Waals surface area contributed by atoms with Crippen LogP contribution in [0.4, 0.5) is 0 Å². The predicted molar refractivity (Wildman–Crippen MR) is 79.1 cm³/mol. The Morgan fingerprint density at radius 2 is 1.44 bits per heavy atom. The van der Waals surface area contributed by atoms with Crippen LogP contribution in [0.1, 0.15) is 43.2 Å². The van der Waals surface area contributed by atoms with Crippen LogP contribution < -0.4 is 0 Å². The molecule has 1 nitrogen and oxygen atoms in total. The molecule has 1 aromatic heterocycles. The van der Waals surface area contributed by atoms with E-state index in [4.69, 9.17) is 0 Å². The molecule has 0 fully saturated rings. The van der Waals surface area contributed by atoms with Gasteiger partial charge < -0.3 is 4.98 Å². The lowest BCUT2D eigenvalue weighted by molar-refractivity contribution is 0.589. The Morgan fingerprint density at radius 3 is 1.83 bits per heavy atom. The first-order valence-electron chi connectivity index (χ1n) is 6.57. The van der Waals surface area contributed by atoms with Gasteiger partial charge in [-0.1, -0.05) is 32.9 Å². The molecule has 1 heterocycles. The highest BCUT2D eigenvalue weighted by Gasteiger charge is 2.17. The number of H-pyrrole nitrogens is 1. The summed E-state index contributed by atoms with van der Waals surface area (Å²) >= 11 is 0. The zero-order valence-corrected chi connectivity index (χ0v) is 12.3. The molecule has 0 spiro atoms. The molecular weight excluding hydrogens is 218 g/mol. The highest BCUT2D eigenvalue weighted by Crippen LogP contribution is 2.32. The van der Waals surface area contributed by atoms with Gasteiger partial charge in [-0.15, -0.1) is 0 Å². The van der Waals surface area contributed by atoms with Crippen LogP contribution in [-0.4, -0.2) is 4.98 Å². The standard InChI is InChI=1S/C17H23N/c1-11-9-14(17(4,5)6)10-12(2)16(11)15-8-7-13(3)18-15/h7-10,18H,1-6H3. The molecular formula is C17H23N. The van der Waals surface area contributed by atoms with Crippen molar-refractivity contribution in [1.82, 2.24) is 4.98 Å². The molecule has 0 aliphatic heterocycles. The van der Waals surface area contributed by atoms with E-state index in [1.165, 1.54) is 33.6 Å². The van der Waals surface area contributed by atoms with Crippen LogP contribution in [0.2, 0.25) is 0 Å². The van der Waals surface area contributed by atoms with Gasteiger partial charge in [-0.25, -0.2) is 0 Å². The van der Waals surface area contributed by atoms with Crippen molar-refractivity contribution >= 4 is 0 Å². The van der Waals surface area contributed by atoms with Crippen molar-refractivity contribution in [2.45, 2.75) is 47.0 Å². The molecule has 96 valence electrons. The molecule has 0 bridgehead atoms. The van der Waals surface area contributed by atoms with Gasteiger partial charge in [0.05, 0.1) is 0 Å². The van der Waals surface area contributed by atoms with Crippen LogP contribution in [-0.2, 0) is 5.41 Å². The monoisotopic (exact) mass is 241 g/mol. The summed E-state index contributed by atoms with van der Waals surface area (Å²) in [5, 5.41) is 0. The SMILES string of the molecule is Cc1ccc(-c2c(C)cc(C(C)(C)C)cc2C)[nH]1. The van der Waals surface area contributed by atoms with E-state index in [0.717, 1.165) is 0 Å². The van der Waals surface area contributed by atoms with Crippen molar-refractivity contribution in [3.05, 3.63) is 46.6 Å². The molecule has 2 aromatic rings. The summed E-state index contributed by atoms with van der Waals surface area (Å²) in [7, 11) is 0. The van der Waals surface area contributed by atoms with E-state index in [9.17, 15) is 0 Å². The Balaban J connectivity index is 2.58. The minimum absolute atomic E-state index is 0.208. The van der Waals surface area contributed by atoms with Gasteiger partial charge >= 0.3 is 0 Å². The number of benzene rings is 1. The molecule has 0 atom stereocenters. The van der Waals surface area contributed by atoms with Gasteiger partial charge in [-0.05, 0) is 55.0 Å². The fraction of sp³-hybridized carbons (Fsp3) is 0.412. The Hall–Kier alpha value is -1.50. The fourth-order valence-electron chi connectivity index (χ4n) is 2.47. The molecule has 2 rings (SSSR count). The summed E-state index contributed by atoms with van der Waals surface area (Å²) in [6.07, 6.45) is 0. The van der Waals surface area contributed by atoms with Crippen molar-refractivity contribution in [1.29, 1.82) is 0 Å². The summed E-state index contributed by atoms with van der Waals surface area (Å²) in [5.41, 5.74) is 8.09. The van der Waals surface area contributed by atoms with Crippen molar-refractivity contribution in [2.24, 2.45) is 0 Å². The van der Waals surface area contributed by atoms with Crippen LogP contribution >= 0.6 is 0 Å². The molecule has 0 aliphatic rings. The number of aromatic amines is 1. The Labute approximate surface area is 110 Å². The van der Waals surface area contributed by atoms with Crippen molar-refractivity contribution in [3.8, 4) is 11.3 Å². The molecule has 0 amide bonds. The highest BCUT2D eigenvalue weighted by atomic mass is 14.7. The molecule has 18 heavy (non-hydrogen) atoms. The third-order valence-corrected chi connectivity index (χ3v) is 3.50. The Bertz CT molecular complexity index is 545. The zero-order chi connectivity index (χ0) is 13.5. The highest BCUT2D eigenvalue weighted by molar-refractivity contribution is 5.69. The van der Waals surface area contributed by atoms with Gasteiger partial charge in [0, 0.05) is 17.0 Å². The second-order valence-electron chi connectivity index (χ2n) is 6.29. The number of hydrogen-bond acceptors (Lipinski definition) is 0. The Morgan fingerprint density at radius 1 is 0.889 bits per heavy atom. The van der Waals surface area contributed by atoms with Crippen LogP contribution in [0, 0.1) is 20.8 Å². The number of nitrogens with one attached hydrogen (secondary N) is 1. The molecule has 1 N–H and O–H groups in total. The summed E-state index contributed by atoms with van der Waals surface area (Å²) in [6.45, 7) is 13.3. The van der Waals surface area contributed by atoms with E-state index < -0.39 is 0 Å². The minimum atomic E-state index is 0.208. The molecule has 1 aromatic carbocycles. The number of rotatable bonds is 1. The first kappa shape index (κ1) is 12.9. The molecule has 0 unspecified atom stereocenters. The van der Waals surface area contributed by atoms with Crippen LogP contribution in [0.3, 0.4) is 0 Å². The van der Waals surface area contributed by atoms with Gasteiger partial charge in [0.1, 0.15) is 0 Å². The largest absolute Gasteiger partial charge is 0.359 e. The lowest BCUT2D eigenvalue weighted by Crippen LogP contribution is -2.12. The summed E-state index contributed by atoms with van der Waals surface area (Å²) in [5.74, 6) is 0. The van der Waals surface area contributed by atoms with Gasteiger partial charge in [-0.2, -0.15) is 0 Å². The smallest absolute Gasteiger partial charge is 0.0461 e. The number of hydrogen-bond donors (Lipinski definition) is 1. The van der Waals surface area contributed by atoms with E-state index in [2.05, 4.69) is 70.8 Å². The van der Waals surface area contributed by atoms with E-state index in [1.54, 1.807) is 0 Å². The molecule has 1 heteroatoms. The van der Waals surface area contributed by atoms with Crippen molar-refractivity contribution < 1.29 is 0 Å². The van der Waals surface area contributed by atoms with Crippen LogP contribution in [0.5, 0.6) is 0 Å². The fourth-order valence-corrected chi connectivity index (χ4v) is 2.47. The maximum Gasteiger partial charge on any atom is 0.0461 e. The van der Waals surface area contributed by atoms with Crippen LogP contribution in [0.25, 0.3) is 11.3 Å². The first-order chi connectivity index (χ1) is 8.29. The average Bonchev–Trinajstić information content (AvgIpc) is 2.62. The molecule has 0 saturated heterocycles.